The second-order valence-electron chi connectivity index (χ2n) is 6.43. The van der Waals surface area contributed by atoms with Crippen molar-refractivity contribution in [1.29, 1.82) is 0 Å². The third-order valence-corrected chi connectivity index (χ3v) is 4.68. The van der Waals surface area contributed by atoms with Gasteiger partial charge in [0.1, 0.15) is 5.75 Å². The van der Waals surface area contributed by atoms with E-state index >= 15 is 0 Å². The quantitative estimate of drug-likeness (QED) is 0.772. The van der Waals surface area contributed by atoms with E-state index in [0.717, 1.165) is 25.9 Å². The molecular weight excluding hydrogens is 344 g/mol. The van der Waals surface area contributed by atoms with Gasteiger partial charge in [0.15, 0.2) is 5.69 Å². The van der Waals surface area contributed by atoms with Gasteiger partial charge in [-0.1, -0.05) is 12.1 Å². The lowest BCUT2D eigenvalue weighted by atomic mass is 10.2. The van der Waals surface area contributed by atoms with Crippen LogP contribution < -0.4 is 10.1 Å². The van der Waals surface area contributed by atoms with E-state index in [0.29, 0.717) is 17.0 Å². The summed E-state index contributed by atoms with van der Waals surface area (Å²) in [7, 11) is 1.57. The molecule has 0 atom stereocenters. The molecule has 0 spiro atoms. The van der Waals surface area contributed by atoms with Crippen molar-refractivity contribution in [1.82, 2.24) is 14.3 Å². The molecular formula is C20H20N4O3. The summed E-state index contributed by atoms with van der Waals surface area (Å²) in [4.78, 5) is 31.8. The summed E-state index contributed by atoms with van der Waals surface area (Å²) in [5.74, 6) is 0.400. The molecule has 0 bridgehead atoms. The number of pyridine rings is 1. The summed E-state index contributed by atoms with van der Waals surface area (Å²) in [5, 5.41) is 2.83. The van der Waals surface area contributed by atoms with E-state index in [1.54, 1.807) is 52.9 Å². The van der Waals surface area contributed by atoms with Crippen LogP contribution in [0.4, 0.5) is 5.69 Å². The second kappa shape index (κ2) is 7.11. The second-order valence-corrected chi connectivity index (χ2v) is 6.43. The molecule has 0 aliphatic carbocycles. The molecule has 0 radical (unpaired) electrons. The zero-order valence-electron chi connectivity index (χ0n) is 15.0. The maximum Gasteiger partial charge on any atom is 0.290 e. The molecule has 1 aliphatic rings. The average molecular weight is 364 g/mol. The van der Waals surface area contributed by atoms with Crippen molar-refractivity contribution in [2.75, 3.05) is 25.5 Å². The molecule has 2 amide bonds. The molecule has 7 nitrogen and oxygen atoms in total. The third kappa shape index (κ3) is 3.23. The van der Waals surface area contributed by atoms with Crippen molar-refractivity contribution in [2.45, 2.75) is 12.8 Å². The molecule has 1 N–H and O–H groups in total. The lowest BCUT2D eigenvalue weighted by Gasteiger charge is -2.13. The molecule has 0 unspecified atom stereocenters. The van der Waals surface area contributed by atoms with E-state index in [4.69, 9.17) is 4.74 Å². The van der Waals surface area contributed by atoms with Crippen LogP contribution in [0.2, 0.25) is 0 Å². The highest BCUT2D eigenvalue weighted by atomic mass is 16.5. The summed E-state index contributed by atoms with van der Waals surface area (Å²) >= 11 is 0. The van der Waals surface area contributed by atoms with Crippen LogP contribution in [0.15, 0.2) is 48.7 Å². The third-order valence-electron chi connectivity index (χ3n) is 4.68. The van der Waals surface area contributed by atoms with Crippen molar-refractivity contribution < 1.29 is 14.3 Å². The van der Waals surface area contributed by atoms with Crippen LogP contribution in [0.3, 0.4) is 0 Å². The first-order valence-corrected chi connectivity index (χ1v) is 8.89. The number of hydrogen-bond donors (Lipinski definition) is 1. The number of methoxy groups -OCH3 is 1. The number of benzene rings is 1. The van der Waals surface area contributed by atoms with Gasteiger partial charge in [-0.05, 0) is 37.1 Å². The highest BCUT2D eigenvalue weighted by Gasteiger charge is 2.26. The van der Waals surface area contributed by atoms with Gasteiger partial charge >= 0.3 is 0 Å². The number of carbonyl (C=O) groups excluding carboxylic acids is 2. The molecule has 4 rings (SSSR count). The molecule has 3 aromatic rings. The molecule has 2 aromatic heterocycles. The van der Waals surface area contributed by atoms with Crippen molar-refractivity contribution in [3.63, 3.8) is 0 Å². The van der Waals surface area contributed by atoms with Gasteiger partial charge in [0.2, 0.25) is 5.82 Å². The molecule has 1 aromatic carbocycles. The molecule has 7 heteroatoms. The lowest BCUT2D eigenvalue weighted by molar-refractivity contribution is 0.0780. The monoisotopic (exact) mass is 364 g/mol. The van der Waals surface area contributed by atoms with Crippen LogP contribution in [0.25, 0.3) is 5.52 Å². The van der Waals surface area contributed by atoms with Crippen molar-refractivity contribution >= 4 is 23.0 Å². The zero-order valence-corrected chi connectivity index (χ0v) is 15.0. The van der Waals surface area contributed by atoms with E-state index in [-0.39, 0.29) is 23.3 Å². The number of nitrogens with zero attached hydrogens (tertiary/aromatic N) is 3. The summed E-state index contributed by atoms with van der Waals surface area (Å²) < 4.78 is 6.87. The summed E-state index contributed by atoms with van der Waals surface area (Å²) in [6.07, 6.45) is 3.75. The van der Waals surface area contributed by atoms with Crippen LogP contribution in [0.5, 0.6) is 5.75 Å². The molecule has 1 fully saturated rings. The van der Waals surface area contributed by atoms with Crippen LogP contribution in [0.1, 0.15) is 33.9 Å². The number of amides is 2. The number of aromatic nitrogens is 2. The average Bonchev–Trinajstić information content (AvgIpc) is 3.36. The first-order valence-electron chi connectivity index (χ1n) is 8.89. The SMILES string of the molecule is COc1cccc(NC(=O)c2nc(C(=O)N3CCCC3)n3ccccc23)c1. The Morgan fingerprint density at radius 1 is 1.11 bits per heavy atom. The number of ether oxygens (including phenoxy) is 1. The number of rotatable bonds is 4. The molecule has 3 heterocycles. The highest BCUT2D eigenvalue weighted by Crippen LogP contribution is 2.21. The van der Waals surface area contributed by atoms with Crippen molar-refractivity contribution in [3.05, 3.63) is 60.2 Å². The molecule has 27 heavy (non-hydrogen) atoms. The number of likely N-dealkylation sites (tertiary alicyclic amines) is 1. The van der Waals surface area contributed by atoms with Gasteiger partial charge in [-0.2, -0.15) is 0 Å². The maximum atomic E-state index is 12.8. The van der Waals surface area contributed by atoms with E-state index in [2.05, 4.69) is 10.3 Å². The van der Waals surface area contributed by atoms with Gasteiger partial charge in [-0.15, -0.1) is 0 Å². The minimum Gasteiger partial charge on any atom is -0.497 e. The van der Waals surface area contributed by atoms with Crippen molar-refractivity contribution in [2.24, 2.45) is 0 Å². The number of anilines is 1. The van der Waals surface area contributed by atoms with Crippen LogP contribution in [-0.2, 0) is 0 Å². The van der Waals surface area contributed by atoms with Gasteiger partial charge in [0.25, 0.3) is 11.8 Å². The zero-order chi connectivity index (χ0) is 18.8. The predicted molar refractivity (Wildman–Crippen MR) is 101 cm³/mol. The lowest BCUT2D eigenvalue weighted by Crippen LogP contribution is -2.29. The number of hydrogen-bond acceptors (Lipinski definition) is 4. The number of carbonyl (C=O) groups is 2. The smallest absolute Gasteiger partial charge is 0.290 e. The fourth-order valence-corrected chi connectivity index (χ4v) is 3.31. The fourth-order valence-electron chi connectivity index (χ4n) is 3.31. The highest BCUT2D eigenvalue weighted by molar-refractivity contribution is 6.09. The first-order chi connectivity index (χ1) is 13.2. The Labute approximate surface area is 156 Å². The van der Waals surface area contributed by atoms with Gasteiger partial charge in [-0.25, -0.2) is 4.98 Å². The van der Waals surface area contributed by atoms with E-state index in [1.807, 2.05) is 12.1 Å². The summed E-state index contributed by atoms with van der Waals surface area (Å²) in [6.45, 7) is 1.46. The molecule has 138 valence electrons. The van der Waals surface area contributed by atoms with E-state index < -0.39 is 0 Å². The Bertz CT molecular complexity index is 1010. The minimum absolute atomic E-state index is 0.144. The van der Waals surface area contributed by atoms with E-state index in [9.17, 15) is 9.59 Å². The Kier molecular flexibility index (Phi) is 4.50. The molecule has 0 saturated carbocycles. The normalized spacial score (nSPS) is 13.7. The summed E-state index contributed by atoms with van der Waals surface area (Å²) in [6, 6.07) is 12.5. The Morgan fingerprint density at radius 3 is 2.70 bits per heavy atom. The predicted octanol–water partition coefficient (Wildman–Crippen LogP) is 2.83. The maximum absolute atomic E-state index is 12.8. The van der Waals surface area contributed by atoms with Gasteiger partial charge < -0.3 is 15.0 Å². The molecule has 1 saturated heterocycles. The minimum atomic E-state index is -0.368. The molecule has 1 aliphatic heterocycles. The number of nitrogens with one attached hydrogen (secondary N) is 1. The van der Waals surface area contributed by atoms with Gasteiger partial charge in [0.05, 0.1) is 12.6 Å². The Hall–Kier alpha value is -3.35. The van der Waals surface area contributed by atoms with E-state index in [1.165, 1.54) is 0 Å². The first kappa shape index (κ1) is 17.1. The van der Waals surface area contributed by atoms with Crippen LogP contribution in [0, 0.1) is 0 Å². The van der Waals surface area contributed by atoms with Crippen molar-refractivity contribution in [3.8, 4) is 5.75 Å². The Balaban J connectivity index is 1.68. The van der Waals surface area contributed by atoms with Crippen LogP contribution >= 0.6 is 0 Å². The van der Waals surface area contributed by atoms with Gasteiger partial charge in [-0.3, -0.25) is 14.0 Å². The largest absolute Gasteiger partial charge is 0.497 e. The standard InChI is InChI=1S/C20H20N4O3/c1-27-15-8-6-7-14(13-15)21-19(25)17-16-9-2-3-12-24(16)18(22-17)20(26)23-10-4-5-11-23/h2-3,6-9,12-13H,4-5,10-11H2,1H3,(H,21,25). The Morgan fingerprint density at radius 2 is 1.93 bits per heavy atom. The fraction of sp³-hybridized carbons (Fsp3) is 0.250. The topological polar surface area (TPSA) is 75.9 Å². The van der Waals surface area contributed by atoms with Gasteiger partial charge in [0, 0.05) is 31.0 Å². The number of imidazole rings is 1. The van der Waals surface area contributed by atoms with Crippen LogP contribution in [-0.4, -0.2) is 46.3 Å². The summed E-state index contributed by atoms with van der Waals surface area (Å²) in [5.41, 5.74) is 1.42. The number of fused-ring (bicyclic) bond motifs is 1.